The summed E-state index contributed by atoms with van der Waals surface area (Å²) in [5.41, 5.74) is 20.2. The Balaban J connectivity index is 0.000000225. The summed E-state index contributed by atoms with van der Waals surface area (Å²) < 4.78 is 0. The van der Waals surface area contributed by atoms with E-state index in [1.165, 1.54) is 164 Å². The van der Waals surface area contributed by atoms with Crippen molar-refractivity contribution in [2.24, 2.45) is 11.8 Å². The molecule has 2 saturated carbocycles. The van der Waals surface area contributed by atoms with Gasteiger partial charge in [-0.3, -0.25) is 0 Å². The second-order valence-corrected chi connectivity index (χ2v) is 36.1. The van der Waals surface area contributed by atoms with Gasteiger partial charge in [-0.15, -0.1) is 44.8 Å². The first-order valence-corrected chi connectivity index (χ1v) is 34.5. The molecule has 0 bridgehead atoms. The van der Waals surface area contributed by atoms with Gasteiger partial charge in [0, 0.05) is 0 Å². The Kier molecular flexibility index (Phi) is 20.7. The first-order chi connectivity index (χ1) is 34.9. The Morgan fingerprint density at radius 1 is 0.382 bits per heavy atom. The summed E-state index contributed by atoms with van der Waals surface area (Å²) in [4.78, 5) is 0. The van der Waals surface area contributed by atoms with E-state index in [1.807, 2.05) is 0 Å². The number of halogens is 2. The molecule has 0 N–H and O–H groups in total. The molecule has 0 heterocycles. The van der Waals surface area contributed by atoms with Crippen LogP contribution in [0.15, 0.2) is 146 Å². The van der Waals surface area contributed by atoms with Gasteiger partial charge < -0.3 is 24.8 Å². The van der Waals surface area contributed by atoms with Crippen LogP contribution in [0.3, 0.4) is 0 Å². The molecule has 8 aromatic rings. The second-order valence-electron chi connectivity index (χ2n) is 26.7. The van der Waals surface area contributed by atoms with Gasteiger partial charge >= 0.3 is 41.9 Å². The van der Waals surface area contributed by atoms with Crippen molar-refractivity contribution in [3.05, 3.63) is 179 Å². The monoisotopic (exact) mass is 1140 g/mol. The summed E-state index contributed by atoms with van der Waals surface area (Å²) in [5.74, 6) is 1.71. The average molecular weight is 1140 g/mol. The first-order valence-electron chi connectivity index (χ1n) is 28.3. The quantitative estimate of drug-likeness (QED) is 0.105. The van der Waals surface area contributed by atoms with E-state index in [2.05, 4.69) is 242 Å². The van der Waals surface area contributed by atoms with Crippen molar-refractivity contribution >= 4 is 27.0 Å². The van der Waals surface area contributed by atoms with Crippen LogP contribution < -0.4 is 24.8 Å². The van der Waals surface area contributed by atoms with Gasteiger partial charge in [-0.25, -0.2) is 0 Å². The Hall–Kier alpha value is -3.78. The van der Waals surface area contributed by atoms with E-state index in [1.54, 1.807) is 23.3 Å². The number of fused-ring (bicyclic) bond motifs is 2. The summed E-state index contributed by atoms with van der Waals surface area (Å²) >= 11 is 1.74. The minimum Gasteiger partial charge on any atom is -1.00 e. The van der Waals surface area contributed by atoms with E-state index >= 15 is 0 Å². The zero-order valence-corrected chi connectivity index (χ0v) is 53.8. The van der Waals surface area contributed by atoms with Gasteiger partial charge in [0.15, 0.2) is 0 Å². The van der Waals surface area contributed by atoms with Crippen LogP contribution >= 0.6 is 0 Å². The van der Waals surface area contributed by atoms with Crippen LogP contribution in [0.5, 0.6) is 0 Å². The van der Waals surface area contributed by atoms with Crippen molar-refractivity contribution in [2.45, 2.75) is 182 Å². The van der Waals surface area contributed by atoms with Crippen molar-refractivity contribution in [1.29, 1.82) is 0 Å². The minimum atomic E-state index is 0. The second kappa shape index (κ2) is 25.6. The van der Waals surface area contributed by atoms with Crippen LogP contribution in [-0.4, -0.2) is 5.43 Å². The van der Waals surface area contributed by atoms with E-state index in [9.17, 15) is 0 Å². The van der Waals surface area contributed by atoms with E-state index in [4.69, 9.17) is 0 Å². The minimum absolute atomic E-state index is 0. The molecule has 8 aromatic carbocycles. The van der Waals surface area contributed by atoms with Crippen molar-refractivity contribution in [3.8, 4) is 44.5 Å². The molecular formula is C72H88Cl2SiZr-2. The maximum Gasteiger partial charge on any atom is -1.00 e. The fraction of sp³-hybridized carbons (Fsp3) is 0.417. The first kappa shape index (κ1) is 61.4. The fourth-order valence-electron chi connectivity index (χ4n) is 11.7. The summed E-state index contributed by atoms with van der Waals surface area (Å²) in [6.45, 7) is 32.0. The molecule has 0 radical (unpaired) electrons. The van der Waals surface area contributed by atoms with Crippen LogP contribution in [0, 0.1) is 11.8 Å². The fourth-order valence-corrected chi connectivity index (χ4v) is 11.7. The van der Waals surface area contributed by atoms with Crippen molar-refractivity contribution in [2.75, 3.05) is 0 Å². The SMILES string of the molecule is CC(C)(C)c1ccc(-c2ccc(-c3ccc(C(C)(C)C)cc3)c3[cH-]c(CC4CCCC4)cc23)cc1.CC(C)(C)c1ccc(-c2ccc(-c3ccc(C(C)(C)C)cc3)c3[cH-]c(CC4CCCC4)cc23)cc1.C[Si](C)=[Zr+2].[Cl-].[Cl-]. The summed E-state index contributed by atoms with van der Waals surface area (Å²) in [6, 6.07) is 56.4. The van der Waals surface area contributed by atoms with Gasteiger partial charge in [-0.2, -0.15) is 12.1 Å². The maximum absolute atomic E-state index is 2.49. The third kappa shape index (κ3) is 15.3. The molecule has 0 nitrogen and oxygen atoms in total. The predicted molar refractivity (Wildman–Crippen MR) is 324 cm³/mol. The van der Waals surface area contributed by atoms with Crippen LogP contribution in [-0.2, 0) is 57.8 Å². The number of rotatable bonds is 8. The zero-order chi connectivity index (χ0) is 53.2. The maximum atomic E-state index is 2.49. The molecule has 10 rings (SSSR count). The van der Waals surface area contributed by atoms with Gasteiger partial charge in [0.2, 0.25) is 0 Å². The molecular weight excluding hydrogens is 1060 g/mol. The van der Waals surface area contributed by atoms with Crippen molar-refractivity contribution < 1.29 is 48.1 Å². The average Bonchev–Trinajstić information content (AvgIpc) is 4.20. The largest absolute Gasteiger partial charge is 1.00 e. The molecule has 0 saturated heterocycles. The molecule has 2 fully saturated rings. The van der Waals surface area contributed by atoms with Crippen LogP contribution in [0.2, 0.25) is 13.1 Å². The Labute approximate surface area is 488 Å². The summed E-state index contributed by atoms with van der Waals surface area (Å²) in [7, 11) is 0. The molecule has 0 amide bonds. The smallest absolute Gasteiger partial charge is 1.00 e. The zero-order valence-electron chi connectivity index (χ0n) is 48.8. The third-order valence-electron chi connectivity index (χ3n) is 16.1. The van der Waals surface area contributed by atoms with Gasteiger partial charge in [0.05, 0.1) is 0 Å². The molecule has 0 unspecified atom stereocenters. The molecule has 0 aromatic heterocycles. The van der Waals surface area contributed by atoms with E-state index < -0.39 is 0 Å². The number of benzene rings is 6. The van der Waals surface area contributed by atoms with Gasteiger partial charge in [0.1, 0.15) is 0 Å². The van der Waals surface area contributed by atoms with Crippen LogP contribution in [0.4, 0.5) is 0 Å². The van der Waals surface area contributed by atoms with Gasteiger partial charge in [-0.05, 0) is 79.7 Å². The van der Waals surface area contributed by atoms with Crippen LogP contribution in [0.25, 0.3) is 66.1 Å². The van der Waals surface area contributed by atoms with Crippen molar-refractivity contribution in [3.63, 3.8) is 0 Å². The molecule has 400 valence electrons. The van der Waals surface area contributed by atoms with Gasteiger partial charge in [-0.1, -0.05) is 289 Å². The molecule has 2 aliphatic carbocycles. The third-order valence-corrected chi connectivity index (χ3v) is 16.1. The van der Waals surface area contributed by atoms with E-state index in [0.717, 1.165) is 11.8 Å². The Bertz CT molecular complexity index is 2740. The number of hydrogen-bond donors (Lipinski definition) is 0. The molecule has 0 aliphatic heterocycles. The molecule has 76 heavy (non-hydrogen) atoms. The standard InChI is InChI=1S/2C35H41.C2H6Si.2ClH.Zr/c2*1-34(2,3)28-15-11-26(12-16-28)30-19-20-31(27-13-17-29(18-14-27)35(4,5)6)33-23-25(22-32(30)33)21-24-9-7-8-10-24;1-3-2;;;/h2*11-20,22-24H,7-10,21H2,1-6H3;1-2H3;2*1H;/q2*-1;;;;+2/p-2. The Morgan fingerprint density at radius 3 is 0.842 bits per heavy atom. The summed E-state index contributed by atoms with van der Waals surface area (Å²) in [5, 5.41) is 5.61. The van der Waals surface area contributed by atoms with E-state index in [0.29, 0.717) is 0 Å². The normalized spacial score (nSPS) is 14.4. The Morgan fingerprint density at radius 2 is 0.605 bits per heavy atom. The number of hydrogen-bond acceptors (Lipinski definition) is 0. The predicted octanol–water partition coefficient (Wildman–Crippen LogP) is 15.2. The molecule has 0 atom stereocenters. The molecule has 0 spiro atoms. The van der Waals surface area contributed by atoms with Crippen molar-refractivity contribution in [1.82, 2.24) is 0 Å². The molecule has 2 aliphatic rings. The summed E-state index contributed by atoms with van der Waals surface area (Å²) in [6.07, 6.45) is 13.6. The van der Waals surface area contributed by atoms with E-state index in [-0.39, 0.29) is 51.9 Å². The molecule has 4 heteroatoms. The van der Waals surface area contributed by atoms with Crippen LogP contribution in [0.1, 0.15) is 168 Å². The topological polar surface area (TPSA) is 0 Å². The van der Waals surface area contributed by atoms with Gasteiger partial charge in [0.25, 0.3) is 0 Å².